The topological polar surface area (TPSA) is 34.1 Å². The van der Waals surface area contributed by atoms with E-state index in [1.54, 1.807) is 30.5 Å². The van der Waals surface area contributed by atoms with Gasteiger partial charge >= 0.3 is 0 Å². The van der Waals surface area contributed by atoms with Crippen LogP contribution in [0.15, 0.2) is 24.3 Å². The van der Waals surface area contributed by atoms with Gasteiger partial charge in [0.25, 0.3) is 0 Å². The summed E-state index contributed by atoms with van der Waals surface area (Å²) in [6.45, 7) is 0. The summed E-state index contributed by atoms with van der Waals surface area (Å²) in [5.41, 5.74) is 0.865. The molecular formula is C10H7ClO2S. The number of halogens is 1. The largest absolute Gasteiger partial charge is 0.291 e. The number of hydrogen-bond donors (Lipinski definition) is 0. The molecule has 1 aromatic rings. The smallest absolute Gasteiger partial charge is 0.215 e. The van der Waals surface area contributed by atoms with Crippen molar-refractivity contribution in [3.8, 4) is 0 Å². The van der Waals surface area contributed by atoms with Gasteiger partial charge in [-0.15, -0.1) is 11.8 Å². The van der Waals surface area contributed by atoms with Gasteiger partial charge in [0.1, 0.15) is 0 Å². The molecule has 2 rings (SSSR count). The first-order valence-corrected chi connectivity index (χ1v) is 5.64. The van der Waals surface area contributed by atoms with Crippen LogP contribution in [0.3, 0.4) is 0 Å². The number of alkyl halides is 1. The number of hydrogen-bond acceptors (Lipinski definition) is 3. The number of carbonyl (C=O) groups is 2. The Labute approximate surface area is 90.6 Å². The van der Waals surface area contributed by atoms with E-state index in [0.717, 1.165) is 11.8 Å². The van der Waals surface area contributed by atoms with E-state index < -0.39 is 4.21 Å². The van der Waals surface area contributed by atoms with Crippen LogP contribution in [-0.4, -0.2) is 22.0 Å². The van der Waals surface area contributed by atoms with E-state index in [4.69, 9.17) is 11.6 Å². The number of fused-ring (bicyclic) bond motifs is 1. The Kier molecular flexibility index (Phi) is 2.16. The van der Waals surface area contributed by atoms with E-state index in [2.05, 4.69) is 0 Å². The van der Waals surface area contributed by atoms with Gasteiger partial charge in [0.2, 0.25) is 15.8 Å². The Balaban J connectivity index is 2.65. The second kappa shape index (κ2) is 3.11. The van der Waals surface area contributed by atoms with Gasteiger partial charge in [-0.25, -0.2) is 0 Å². The third kappa shape index (κ3) is 1.06. The number of rotatable bonds is 1. The van der Waals surface area contributed by atoms with Crippen LogP contribution in [0.5, 0.6) is 0 Å². The highest BCUT2D eigenvalue weighted by Gasteiger charge is 2.51. The number of Topliss-reactive ketones (excluding diaryl/α,β-unsaturated/α-hetero) is 2. The van der Waals surface area contributed by atoms with Gasteiger partial charge in [0.05, 0.1) is 0 Å². The maximum absolute atomic E-state index is 11.8. The fourth-order valence-electron chi connectivity index (χ4n) is 1.51. The van der Waals surface area contributed by atoms with Crippen LogP contribution in [-0.2, 0) is 0 Å². The van der Waals surface area contributed by atoms with Crippen LogP contribution in [0.4, 0.5) is 0 Å². The quantitative estimate of drug-likeness (QED) is 0.545. The van der Waals surface area contributed by atoms with Crippen LogP contribution < -0.4 is 0 Å². The minimum absolute atomic E-state index is 0.299. The van der Waals surface area contributed by atoms with Gasteiger partial charge in [0.15, 0.2) is 0 Å². The van der Waals surface area contributed by atoms with Crippen molar-refractivity contribution < 1.29 is 9.59 Å². The molecular weight excluding hydrogens is 220 g/mol. The van der Waals surface area contributed by atoms with E-state index in [0.29, 0.717) is 11.1 Å². The first kappa shape index (κ1) is 9.74. The van der Waals surface area contributed by atoms with Crippen LogP contribution in [0.1, 0.15) is 20.7 Å². The summed E-state index contributed by atoms with van der Waals surface area (Å²) in [7, 11) is 0. The van der Waals surface area contributed by atoms with Crippen LogP contribution >= 0.6 is 23.4 Å². The van der Waals surface area contributed by atoms with E-state index in [9.17, 15) is 9.59 Å². The molecule has 14 heavy (non-hydrogen) atoms. The maximum atomic E-state index is 11.8. The maximum Gasteiger partial charge on any atom is 0.215 e. The molecule has 0 saturated carbocycles. The first-order chi connectivity index (χ1) is 6.61. The van der Waals surface area contributed by atoms with Crippen molar-refractivity contribution in [2.24, 2.45) is 0 Å². The lowest BCUT2D eigenvalue weighted by Crippen LogP contribution is -2.30. The third-order valence-corrected chi connectivity index (χ3v) is 4.02. The Bertz CT molecular complexity index is 393. The van der Waals surface area contributed by atoms with Crippen LogP contribution in [0, 0.1) is 0 Å². The molecule has 1 aliphatic rings. The van der Waals surface area contributed by atoms with Crippen molar-refractivity contribution in [1.29, 1.82) is 0 Å². The average Bonchev–Trinajstić information content (AvgIpc) is 2.43. The molecule has 1 aliphatic carbocycles. The third-order valence-electron chi connectivity index (χ3n) is 2.28. The Hall–Kier alpha value is -0.800. The van der Waals surface area contributed by atoms with Crippen LogP contribution in [0.25, 0.3) is 0 Å². The highest BCUT2D eigenvalue weighted by Crippen LogP contribution is 2.41. The van der Waals surface area contributed by atoms with E-state index >= 15 is 0 Å². The molecule has 0 heterocycles. The van der Waals surface area contributed by atoms with Gasteiger partial charge in [-0.1, -0.05) is 35.9 Å². The summed E-state index contributed by atoms with van der Waals surface area (Å²) in [6, 6.07) is 6.73. The molecule has 2 nitrogen and oxygen atoms in total. The number of ketones is 2. The molecule has 4 heteroatoms. The minimum Gasteiger partial charge on any atom is -0.291 e. The fraction of sp³-hybridized carbons (Fsp3) is 0.200. The average molecular weight is 227 g/mol. The molecule has 0 saturated heterocycles. The number of thioether (sulfide) groups is 1. The van der Waals surface area contributed by atoms with Gasteiger partial charge in [0, 0.05) is 11.1 Å². The summed E-state index contributed by atoms with van der Waals surface area (Å²) in [5, 5.41) is 0. The summed E-state index contributed by atoms with van der Waals surface area (Å²) in [5.74, 6) is -0.598. The van der Waals surface area contributed by atoms with Crippen molar-refractivity contribution in [3.63, 3.8) is 0 Å². The van der Waals surface area contributed by atoms with Crippen LogP contribution in [0.2, 0.25) is 0 Å². The molecule has 0 spiro atoms. The Morgan fingerprint density at radius 1 is 1.14 bits per heavy atom. The Morgan fingerprint density at radius 3 is 1.93 bits per heavy atom. The lowest BCUT2D eigenvalue weighted by Gasteiger charge is -2.13. The van der Waals surface area contributed by atoms with Crippen molar-refractivity contribution in [2.75, 3.05) is 6.26 Å². The zero-order chi connectivity index (χ0) is 10.3. The van der Waals surface area contributed by atoms with E-state index in [1.165, 1.54) is 0 Å². The standard InChI is InChI=1S/C10H7ClO2S/c1-14-10(11)8(12)6-4-2-3-5-7(6)9(10)13/h2-5H,1H3. The number of carbonyl (C=O) groups excluding carboxylic acids is 2. The van der Waals surface area contributed by atoms with Crippen molar-refractivity contribution in [2.45, 2.75) is 4.21 Å². The second-order valence-corrected chi connectivity index (χ2v) is 4.81. The van der Waals surface area contributed by atoms with Crippen molar-refractivity contribution >= 4 is 34.9 Å². The summed E-state index contributed by atoms with van der Waals surface area (Å²) >= 11 is 7.06. The predicted molar refractivity (Wildman–Crippen MR) is 57.2 cm³/mol. The Morgan fingerprint density at radius 2 is 1.57 bits per heavy atom. The summed E-state index contributed by atoms with van der Waals surface area (Å²) in [6.07, 6.45) is 1.66. The molecule has 0 radical (unpaired) electrons. The van der Waals surface area contributed by atoms with E-state index in [-0.39, 0.29) is 11.6 Å². The zero-order valence-corrected chi connectivity index (χ0v) is 8.98. The van der Waals surface area contributed by atoms with Gasteiger partial charge < -0.3 is 0 Å². The highest BCUT2D eigenvalue weighted by molar-refractivity contribution is 8.03. The molecule has 0 N–H and O–H groups in total. The molecule has 72 valence electrons. The number of benzene rings is 1. The molecule has 0 aliphatic heterocycles. The van der Waals surface area contributed by atoms with Crippen molar-refractivity contribution in [3.05, 3.63) is 35.4 Å². The molecule has 0 aromatic heterocycles. The molecule has 0 amide bonds. The fourth-order valence-corrected chi connectivity index (χ4v) is 2.31. The van der Waals surface area contributed by atoms with Gasteiger partial charge in [-0.2, -0.15) is 0 Å². The van der Waals surface area contributed by atoms with Gasteiger partial charge in [-0.05, 0) is 6.26 Å². The predicted octanol–water partition coefficient (Wildman–Crippen LogP) is 2.36. The van der Waals surface area contributed by atoms with Crippen molar-refractivity contribution in [1.82, 2.24) is 0 Å². The molecule has 0 atom stereocenters. The monoisotopic (exact) mass is 226 g/mol. The molecule has 0 unspecified atom stereocenters. The molecule has 1 aromatic carbocycles. The molecule has 0 bridgehead atoms. The molecule has 0 fully saturated rings. The van der Waals surface area contributed by atoms with E-state index in [1.807, 2.05) is 0 Å². The lowest BCUT2D eigenvalue weighted by atomic mass is 10.1. The first-order valence-electron chi connectivity index (χ1n) is 4.04. The zero-order valence-electron chi connectivity index (χ0n) is 7.41. The second-order valence-electron chi connectivity index (χ2n) is 3.00. The minimum atomic E-state index is -1.43. The summed E-state index contributed by atoms with van der Waals surface area (Å²) < 4.78 is -1.43. The normalized spacial score (nSPS) is 18.4. The SMILES string of the molecule is CSC1(Cl)C(=O)c2ccccc2C1=O. The summed E-state index contributed by atoms with van der Waals surface area (Å²) in [4.78, 5) is 23.6. The van der Waals surface area contributed by atoms with Gasteiger partial charge in [-0.3, -0.25) is 9.59 Å². The highest BCUT2D eigenvalue weighted by atomic mass is 35.5. The lowest BCUT2D eigenvalue weighted by molar-refractivity contribution is 0.0912.